The Morgan fingerprint density at radius 2 is 2.00 bits per heavy atom. The molecular formula is C8H13F. The lowest BCUT2D eigenvalue weighted by molar-refractivity contribution is 0.235. The van der Waals surface area contributed by atoms with Gasteiger partial charge in [-0.3, -0.25) is 0 Å². The summed E-state index contributed by atoms with van der Waals surface area (Å²) in [5, 5.41) is 0. The van der Waals surface area contributed by atoms with E-state index in [0.717, 1.165) is 19.3 Å². The van der Waals surface area contributed by atoms with E-state index in [-0.39, 0.29) is 0 Å². The van der Waals surface area contributed by atoms with Gasteiger partial charge in [0.05, 0.1) is 0 Å². The minimum Gasteiger partial charge on any atom is -0.243 e. The minimum atomic E-state index is -0.696. The molecule has 0 bridgehead atoms. The highest BCUT2D eigenvalue weighted by Gasteiger charge is 2.65. The molecule has 2 aliphatic rings. The molecule has 3 atom stereocenters. The van der Waals surface area contributed by atoms with Crippen LogP contribution in [0.5, 0.6) is 0 Å². The number of hydrogen-bond donors (Lipinski definition) is 0. The molecular weight excluding hydrogens is 115 g/mol. The van der Waals surface area contributed by atoms with Gasteiger partial charge in [-0.2, -0.15) is 0 Å². The fourth-order valence-electron chi connectivity index (χ4n) is 2.53. The third-order valence-electron chi connectivity index (χ3n) is 3.18. The highest BCUT2D eigenvalue weighted by molar-refractivity contribution is 5.14. The van der Waals surface area contributed by atoms with Crippen LogP contribution < -0.4 is 0 Å². The van der Waals surface area contributed by atoms with E-state index in [1.165, 1.54) is 6.42 Å². The molecule has 0 nitrogen and oxygen atoms in total. The first kappa shape index (κ1) is 5.70. The number of halogens is 1. The van der Waals surface area contributed by atoms with Crippen molar-refractivity contribution in [3.8, 4) is 0 Å². The zero-order valence-electron chi connectivity index (χ0n) is 5.86. The molecule has 0 spiro atoms. The molecule has 2 aliphatic carbocycles. The summed E-state index contributed by atoms with van der Waals surface area (Å²) >= 11 is 0. The van der Waals surface area contributed by atoms with Gasteiger partial charge in [0, 0.05) is 0 Å². The summed E-state index contributed by atoms with van der Waals surface area (Å²) in [6.45, 7) is 1.97. The van der Waals surface area contributed by atoms with E-state index in [2.05, 4.69) is 0 Å². The van der Waals surface area contributed by atoms with Crippen LogP contribution in [0.2, 0.25) is 0 Å². The van der Waals surface area contributed by atoms with Gasteiger partial charge in [-0.15, -0.1) is 0 Å². The second kappa shape index (κ2) is 1.50. The van der Waals surface area contributed by atoms with Gasteiger partial charge >= 0.3 is 0 Å². The first-order valence-corrected chi connectivity index (χ1v) is 3.98. The molecule has 0 N–H and O–H groups in total. The van der Waals surface area contributed by atoms with Gasteiger partial charge in [-0.05, 0) is 31.1 Å². The summed E-state index contributed by atoms with van der Waals surface area (Å²) < 4.78 is 13.3. The molecule has 2 rings (SSSR count). The Morgan fingerprint density at radius 1 is 1.44 bits per heavy atom. The first-order chi connectivity index (χ1) is 4.29. The smallest absolute Gasteiger partial charge is 0.117 e. The Bertz CT molecular complexity index is 121. The number of rotatable bonds is 1. The van der Waals surface area contributed by atoms with E-state index in [9.17, 15) is 4.39 Å². The molecule has 0 heterocycles. The van der Waals surface area contributed by atoms with Crippen molar-refractivity contribution in [2.75, 3.05) is 0 Å². The average molecular weight is 128 g/mol. The average Bonchev–Trinajstić information content (AvgIpc) is 2.39. The molecule has 0 aromatic rings. The van der Waals surface area contributed by atoms with Gasteiger partial charge in [-0.1, -0.05) is 13.3 Å². The maximum Gasteiger partial charge on any atom is 0.117 e. The molecule has 2 fully saturated rings. The predicted molar refractivity (Wildman–Crippen MR) is 35.0 cm³/mol. The second-order valence-electron chi connectivity index (χ2n) is 3.42. The highest BCUT2D eigenvalue weighted by atomic mass is 19.1. The normalized spacial score (nSPS) is 55.3. The SMILES string of the molecule is CCC1(F)[C@@H]2CCC[C@@H]21. The molecule has 1 heteroatoms. The Labute approximate surface area is 55.4 Å². The highest BCUT2D eigenvalue weighted by Crippen LogP contribution is 2.64. The van der Waals surface area contributed by atoms with Crippen molar-refractivity contribution < 1.29 is 4.39 Å². The second-order valence-corrected chi connectivity index (χ2v) is 3.42. The first-order valence-electron chi connectivity index (χ1n) is 3.98. The molecule has 0 radical (unpaired) electrons. The van der Waals surface area contributed by atoms with Gasteiger partial charge in [-0.25, -0.2) is 4.39 Å². The van der Waals surface area contributed by atoms with E-state index >= 15 is 0 Å². The Hall–Kier alpha value is -0.0700. The van der Waals surface area contributed by atoms with Crippen LogP contribution in [-0.2, 0) is 0 Å². The largest absolute Gasteiger partial charge is 0.243 e. The topological polar surface area (TPSA) is 0 Å². The van der Waals surface area contributed by atoms with Gasteiger partial charge < -0.3 is 0 Å². The van der Waals surface area contributed by atoms with E-state index in [4.69, 9.17) is 0 Å². The van der Waals surface area contributed by atoms with Crippen molar-refractivity contribution in [2.45, 2.75) is 38.3 Å². The van der Waals surface area contributed by atoms with Gasteiger partial charge in [0.25, 0.3) is 0 Å². The van der Waals surface area contributed by atoms with Crippen molar-refractivity contribution >= 4 is 0 Å². The monoisotopic (exact) mass is 128 g/mol. The fraction of sp³-hybridized carbons (Fsp3) is 1.00. The van der Waals surface area contributed by atoms with E-state index < -0.39 is 5.67 Å². The zero-order chi connectivity index (χ0) is 6.48. The number of hydrogen-bond acceptors (Lipinski definition) is 0. The summed E-state index contributed by atoms with van der Waals surface area (Å²) in [4.78, 5) is 0. The summed E-state index contributed by atoms with van der Waals surface area (Å²) in [5.74, 6) is 0.949. The van der Waals surface area contributed by atoms with Crippen LogP contribution in [0.3, 0.4) is 0 Å². The van der Waals surface area contributed by atoms with Crippen LogP contribution in [0.4, 0.5) is 4.39 Å². The molecule has 0 aromatic heterocycles. The summed E-state index contributed by atoms with van der Waals surface area (Å²) in [6.07, 6.45) is 4.35. The third-order valence-corrected chi connectivity index (χ3v) is 3.18. The van der Waals surface area contributed by atoms with Crippen molar-refractivity contribution in [3.05, 3.63) is 0 Å². The maximum absolute atomic E-state index is 13.3. The molecule has 52 valence electrons. The Morgan fingerprint density at radius 3 is 2.33 bits per heavy atom. The molecule has 0 saturated heterocycles. The summed E-state index contributed by atoms with van der Waals surface area (Å²) in [6, 6.07) is 0. The summed E-state index contributed by atoms with van der Waals surface area (Å²) in [7, 11) is 0. The van der Waals surface area contributed by atoms with Crippen molar-refractivity contribution in [1.29, 1.82) is 0 Å². The van der Waals surface area contributed by atoms with Crippen molar-refractivity contribution in [1.82, 2.24) is 0 Å². The van der Waals surface area contributed by atoms with Gasteiger partial charge in [0.2, 0.25) is 0 Å². The van der Waals surface area contributed by atoms with Crippen LogP contribution in [0.25, 0.3) is 0 Å². The standard InChI is InChI=1S/C8H13F/c1-2-8(9)6-4-3-5-7(6)8/h6-7H,2-5H2,1H3/t6-,7+,8?. The van der Waals surface area contributed by atoms with Crippen LogP contribution >= 0.6 is 0 Å². The summed E-state index contributed by atoms with van der Waals surface area (Å²) in [5.41, 5.74) is -0.696. The van der Waals surface area contributed by atoms with Gasteiger partial charge in [0.15, 0.2) is 0 Å². The molecule has 2 saturated carbocycles. The molecule has 0 aromatic carbocycles. The van der Waals surface area contributed by atoms with Gasteiger partial charge in [0.1, 0.15) is 5.67 Å². The number of alkyl halides is 1. The zero-order valence-corrected chi connectivity index (χ0v) is 5.86. The van der Waals surface area contributed by atoms with Crippen molar-refractivity contribution in [2.24, 2.45) is 11.8 Å². The Balaban J connectivity index is 2.07. The molecule has 9 heavy (non-hydrogen) atoms. The van der Waals surface area contributed by atoms with Crippen LogP contribution in [0.1, 0.15) is 32.6 Å². The van der Waals surface area contributed by atoms with E-state index in [1.807, 2.05) is 6.92 Å². The van der Waals surface area contributed by atoms with Crippen LogP contribution in [0, 0.1) is 11.8 Å². The molecule has 0 aliphatic heterocycles. The lowest BCUT2D eigenvalue weighted by Gasteiger charge is -2.05. The minimum absolute atomic E-state index is 0.475. The Kier molecular flexibility index (Phi) is 0.950. The van der Waals surface area contributed by atoms with Crippen molar-refractivity contribution in [3.63, 3.8) is 0 Å². The van der Waals surface area contributed by atoms with E-state index in [0.29, 0.717) is 11.8 Å². The quantitative estimate of drug-likeness (QED) is 0.509. The van der Waals surface area contributed by atoms with Crippen LogP contribution in [-0.4, -0.2) is 5.67 Å². The lowest BCUT2D eigenvalue weighted by Crippen LogP contribution is -2.06. The van der Waals surface area contributed by atoms with Crippen LogP contribution in [0.15, 0.2) is 0 Å². The predicted octanol–water partition coefficient (Wildman–Crippen LogP) is 2.53. The fourth-order valence-corrected chi connectivity index (χ4v) is 2.53. The molecule has 1 unspecified atom stereocenters. The lowest BCUT2D eigenvalue weighted by atomic mass is 10.1. The maximum atomic E-state index is 13.3. The molecule has 0 amide bonds. The van der Waals surface area contributed by atoms with E-state index in [1.54, 1.807) is 0 Å². The third kappa shape index (κ3) is 0.530. The number of fused-ring (bicyclic) bond motifs is 1.